The molecule has 11 heteroatoms. The van der Waals surface area contributed by atoms with Crippen molar-refractivity contribution in [2.75, 3.05) is 0 Å². The van der Waals surface area contributed by atoms with Gasteiger partial charge in [-0.3, -0.25) is 4.98 Å². The molecule has 154 valence electrons. The summed E-state index contributed by atoms with van der Waals surface area (Å²) in [5.41, 5.74) is 2.52. The van der Waals surface area contributed by atoms with Crippen LogP contribution >= 0.6 is 11.3 Å². The van der Waals surface area contributed by atoms with E-state index in [0.29, 0.717) is 5.56 Å². The molecule has 6 nitrogen and oxygen atoms in total. The molecule has 2 heterocycles. The largest absolute Gasteiger partial charge is 0.435 e. The monoisotopic (exact) mass is 450 g/mol. The zero-order valence-electron chi connectivity index (χ0n) is 15.0. The zero-order valence-corrected chi connectivity index (χ0v) is 16.7. The first-order valence-corrected chi connectivity index (χ1v) is 10.9. The second kappa shape index (κ2) is 7.35. The molecule has 0 fully saturated rings. The number of alkyl halides is 3. The summed E-state index contributed by atoms with van der Waals surface area (Å²) >= 11 is 1.45. The standard InChI is InChI=1S/C19H13F3N4O2S2/c20-19(21,22)18-9-16(12-1-3-13(4-2-12)17-10-24-11-29-17)26(25-18)14-5-7-15(8-6-14)30(23,27)28/h1-11H,(H2,23,27,28). The Balaban J connectivity index is 1.80. The lowest BCUT2D eigenvalue weighted by Crippen LogP contribution is -2.12. The lowest BCUT2D eigenvalue weighted by Gasteiger charge is -2.09. The van der Waals surface area contributed by atoms with E-state index in [-0.39, 0.29) is 16.3 Å². The normalized spacial score (nSPS) is 12.3. The minimum atomic E-state index is -4.64. The van der Waals surface area contributed by atoms with Crippen LogP contribution in [0.4, 0.5) is 13.2 Å². The molecule has 2 aromatic heterocycles. The number of benzene rings is 2. The average Bonchev–Trinajstić information content (AvgIpc) is 3.37. The molecular formula is C19H13F3N4O2S2. The zero-order chi connectivity index (χ0) is 21.5. The highest BCUT2D eigenvalue weighted by molar-refractivity contribution is 7.89. The van der Waals surface area contributed by atoms with Crippen molar-refractivity contribution in [1.82, 2.24) is 14.8 Å². The number of hydrogen-bond acceptors (Lipinski definition) is 5. The van der Waals surface area contributed by atoms with Crippen LogP contribution in [0.2, 0.25) is 0 Å². The number of nitrogens with two attached hydrogens (primary N) is 1. The summed E-state index contributed by atoms with van der Waals surface area (Å²) in [5.74, 6) is 0. The quantitative estimate of drug-likeness (QED) is 0.501. The van der Waals surface area contributed by atoms with E-state index in [0.717, 1.165) is 21.2 Å². The Morgan fingerprint density at radius 3 is 2.13 bits per heavy atom. The van der Waals surface area contributed by atoms with E-state index in [9.17, 15) is 21.6 Å². The first-order valence-electron chi connectivity index (χ1n) is 8.43. The summed E-state index contributed by atoms with van der Waals surface area (Å²) in [4.78, 5) is 4.80. The molecule has 0 aliphatic rings. The summed E-state index contributed by atoms with van der Waals surface area (Å²) in [6, 6.07) is 13.1. The second-order valence-electron chi connectivity index (χ2n) is 6.31. The van der Waals surface area contributed by atoms with Gasteiger partial charge in [-0.05, 0) is 35.9 Å². The molecule has 0 aliphatic carbocycles. The van der Waals surface area contributed by atoms with Crippen molar-refractivity contribution >= 4 is 21.4 Å². The number of hydrogen-bond donors (Lipinski definition) is 1. The Morgan fingerprint density at radius 1 is 0.967 bits per heavy atom. The maximum Gasteiger partial charge on any atom is 0.435 e. The summed E-state index contributed by atoms with van der Waals surface area (Å²) in [6.07, 6.45) is -2.93. The van der Waals surface area contributed by atoms with Gasteiger partial charge in [0.05, 0.1) is 26.7 Å². The molecule has 4 aromatic rings. The number of thiazole rings is 1. The van der Waals surface area contributed by atoms with Gasteiger partial charge in [-0.2, -0.15) is 18.3 Å². The fraction of sp³-hybridized carbons (Fsp3) is 0.0526. The van der Waals surface area contributed by atoms with Crippen LogP contribution in [0.25, 0.3) is 27.4 Å². The summed E-state index contributed by atoms with van der Waals surface area (Å²) in [7, 11) is -3.92. The van der Waals surface area contributed by atoms with Crippen LogP contribution in [-0.2, 0) is 16.2 Å². The first-order chi connectivity index (χ1) is 14.1. The highest BCUT2D eigenvalue weighted by Gasteiger charge is 2.35. The van der Waals surface area contributed by atoms with Gasteiger partial charge in [0.2, 0.25) is 10.0 Å². The molecule has 0 saturated carbocycles. The third-order valence-electron chi connectivity index (χ3n) is 4.31. The average molecular weight is 450 g/mol. The predicted octanol–water partition coefficient (Wildman–Crippen LogP) is 4.33. The van der Waals surface area contributed by atoms with Gasteiger partial charge in [0.1, 0.15) is 0 Å². The SMILES string of the molecule is NS(=O)(=O)c1ccc(-n2nc(C(F)(F)F)cc2-c2ccc(-c3cncs3)cc2)cc1. The van der Waals surface area contributed by atoms with Gasteiger partial charge in [-0.15, -0.1) is 11.3 Å². The van der Waals surface area contributed by atoms with Gasteiger partial charge in [0, 0.05) is 11.8 Å². The number of halogens is 3. The van der Waals surface area contributed by atoms with Crippen molar-refractivity contribution in [2.45, 2.75) is 11.1 Å². The Morgan fingerprint density at radius 2 is 1.60 bits per heavy atom. The van der Waals surface area contributed by atoms with Crippen molar-refractivity contribution in [3.05, 3.63) is 72.0 Å². The lowest BCUT2D eigenvalue weighted by atomic mass is 10.1. The Labute approximate surface area is 173 Å². The van der Waals surface area contributed by atoms with Gasteiger partial charge < -0.3 is 0 Å². The third-order valence-corrected chi connectivity index (χ3v) is 6.06. The van der Waals surface area contributed by atoms with Crippen LogP contribution < -0.4 is 5.14 Å². The molecule has 30 heavy (non-hydrogen) atoms. The van der Waals surface area contributed by atoms with E-state index in [1.54, 1.807) is 36.0 Å². The maximum atomic E-state index is 13.3. The van der Waals surface area contributed by atoms with Crippen LogP contribution in [0.1, 0.15) is 5.69 Å². The minimum absolute atomic E-state index is 0.148. The molecule has 0 unspecified atom stereocenters. The van der Waals surface area contributed by atoms with Crippen LogP contribution in [0.5, 0.6) is 0 Å². The van der Waals surface area contributed by atoms with Crippen LogP contribution in [0.3, 0.4) is 0 Å². The molecule has 2 N–H and O–H groups in total. The van der Waals surface area contributed by atoms with Crippen molar-refractivity contribution in [3.63, 3.8) is 0 Å². The number of aromatic nitrogens is 3. The number of nitrogens with zero attached hydrogens (tertiary/aromatic N) is 3. The molecule has 0 aliphatic heterocycles. The highest BCUT2D eigenvalue weighted by atomic mass is 32.2. The van der Waals surface area contributed by atoms with Gasteiger partial charge in [-0.1, -0.05) is 24.3 Å². The van der Waals surface area contributed by atoms with E-state index < -0.39 is 21.9 Å². The van der Waals surface area contributed by atoms with Gasteiger partial charge >= 0.3 is 6.18 Å². The molecule has 0 atom stereocenters. The third kappa shape index (κ3) is 3.99. The second-order valence-corrected chi connectivity index (χ2v) is 8.75. The fourth-order valence-electron chi connectivity index (χ4n) is 2.86. The molecule has 0 spiro atoms. The number of rotatable bonds is 4. The topological polar surface area (TPSA) is 90.9 Å². The van der Waals surface area contributed by atoms with Crippen molar-refractivity contribution in [2.24, 2.45) is 5.14 Å². The van der Waals surface area contributed by atoms with Crippen molar-refractivity contribution in [3.8, 4) is 27.4 Å². The summed E-state index contributed by atoms with van der Waals surface area (Å²) < 4.78 is 63.9. The Hall–Kier alpha value is -3.02. The van der Waals surface area contributed by atoms with Crippen molar-refractivity contribution < 1.29 is 21.6 Å². The van der Waals surface area contributed by atoms with Gasteiger partial charge in [-0.25, -0.2) is 18.2 Å². The summed E-state index contributed by atoms with van der Waals surface area (Å²) in [5, 5.41) is 8.77. The molecular weight excluding hydrogens is 437 g/mol. The van der Waals surface area contributed by atoms with E-state index in [1.165, 1.54) is 35.6 Å². The molecule has 0 bridgehead atoms. The summed E-state index contributed by atoms with van der Waals surface area (Å²) in [6.45, 7) is 0. The highest BCUT2D eigenvalue weighted by Crippen LogP contribution is 2.34. The molecule has 0 amide bonds. The van der Waals surface area contributed by atoms with Gasteiger partial charge in [0.25, 0.3) is 0 Å². The van der Waals surface area contributed by atoms with Crippen LogP contribution in [0, 0.1) is 0 Å². The maximum absolute atomic E-state index is 13.3. The molecule has 0 radical (unpaired) electrons. The molecule has 0 saturated heterocycles. The van der Waals surface area contributed by atoms with E-state index in [2.05, 4.69) is 10.1 Å². The predicted molar refractivity (Wildman–Crippen MR) is 106 cm³/mol. The van der Waals surface area contributed by atoms with Gasteiger partial charge in [0.15, 0.2) is 5.69 Å². The minimum Gasteiger partial charge on any atom is -0.252 e. The number of primary sulfonamides is 1. The lowest BCUT2D eigenvalue weighted by molar-refractivity contribution is -0.141. The number of sulfonamides is 1. The van der Waals surface area contributed by atoms with E-state index in [4.69, 9.17) is 5.14 Å². The first kappa shape index (κ1) is 20.3. The fourth-order valence-corrected chi connectivity index (χ4v) is 4.01. The Bertz CT molecular complexity index is 1280. The molecule has 4 rings (SSSR count). The van der Waals surface area contributed by atoms with Crippen molar-refractivity contribution in [1.29, 1.82) is 0 Å². The van der Waals surface area contributed by atoms with E-state index in [1.807, 2.05) is 0 Å². The van der Waals surface area contributed by atoms with Crippen LogP contribution in [-0.4, -0.2) is 23.2 Å². The molecule has 2 aromatic carbocycles. The van der Waals surface area contributed by atoms with Crippen LogP contribution in [0.15, 0.2) is 71.2 Å². The Kier molecular flexibility index (Phi) is 4.96. The smallest absolute Gasteiger partial charge is 0.252 e. The van der Waals surface area contributed by atoms with E-state index >= 15 is 0 Å².